The van der Waals surface area contributed by atoms with Crippen LogP contribution in [0.25, 0.3) is 6.08 Å². The number of fused-ring (bicyclic) bond motifs is 1. The number of nitrogens with one attached hydrogen (secondary N) is 1. The monoisotopic (exact) mass is 477 g/mol. The minimum Gasteiger partial charge on any atom is -0.497 e. The van der Waals surface area contributed by atoms with Crippen molar-refractivity contribution in [3.05, 3.63) is 59.2 Å². The van der Waals surface area contributed by atoms with Crippen molar-refractivity contribution in [2.24, 2.45) is 0 Å². The minimum absolute atomic E-state index is 0.0733. The molecule has 0 unspecified atom stereocenters. The molecule has 1 saturated heterocycles. The van der Waals surface area contributed by atoms with Crippen LogP contribution < -0.4 is 19.7 Å². The van der Waals surface area contributed by atoms with E-state index in [1.54, 1.807) is 7.11 Å². The van der Waals surface area contributed by atoms with Gasteiger partial charge in [-0.25, -0.2) is 0 Å². The van der Waals surface area contributed by atoms with Gasteiger partial charge in [0.1, 0.15) is 18.1 Å². The van der Waals surface area contributed by atoms with Gasteiger partial charge >= 0.3 is 0 Å². The quantitative estimate of drug-likeness (QED) is 0.415. The van der Waals surface area contributed by atoms with Crippen LogP contribution in [-0.4, -0.2) is 69.6 Å². The summed E-state index contributed by atoms with van der Waals surface area (Å²) in [5.41, 5.74) is 3.43. The molecular formula is C28H35N3O4. The second kappa shape index (κ2) is 11.9. The molecule has 1 amide bonds. The summed E-state index contributed by atoms with van der Waals surface area (Å²) in [7, 11) is 1.62. The number of methoxy groups -OCH3 is 1. The SMILES string of the molecule is CCC(=O)c1cccc(N2CCN(CCCCNC(=O)C3=Cc4cc(OC)ccc4OC3)CC2)c1. The third-order valence-corrected chi connectivity index (χ3v) is 6.63. The van der Waals surface area contributed by atoms with Gasteiger partial charge < -0.3 is 19.7 Å². The van der Waals surface area contributed by atoms with E-state index in [1.807, 2.05) is 49.4 Å². The molecule has 2 aromatic rings. The Morgan fingerprint density at radius 2 is 1.89 bits per heavy atom. The van der Waals surface area contributed by atoms with E-state index in [0.29, 0.717) is 18.5 Å². The van der Waals surface area contributed by atoms with Gasteiger partial charge in [-0.1, -0.05) is 19.1 Å². The van der Waals surface area contributed by atoms with Gasteiger partial charge in [0.25, 0.3) is 5.91 Å². The lowest BCUT2D eigenvalue weighted by Gasteiger charge is -2.36. The number of hydrogen-bond donors (Lipinski definition) is 1. The number of rotatable bonds is 10. The fraction of sp³-hybridized carbons (Fsp3) is 0.429. The lowest BCUT2D eigenvalue weighted by molar-refractivity contribution is -0.117. The molecule has 35 heavy (non-hydrogen) atoms. The molecule has 1 fully saturated rings. The summed E-state index contributed by atoms with van der Waals surface area (Å²) in [6.07, 6.45) is 4.39. The first-order valence-electron chi connectivity index (χ1n) is 12.5. The van der Waals surface area contributed by atoms with E-state index >= 15 is 0 Å². The molecule has 0 bridgehead atoms. The number of Topliss-reactive ketones (excluding diaryl/α,β-unsaturated/α-hetero) is 1. The molecule has 2 heterocycles. The molecule has 0 radical (unpaired) electrons. The first-order chi connectivity index (χ1) is 17.1. The Morgan fingerprint density at radius 1 is 1.06 bits per heavy atom. The zero-order valence-electron chi connectivity index (χ0n) is 20.7. The lowest BCUT2D eigenvalue weighted by atomic mass is 10.1. The standard InChI is InChI=1S/C28H35N3O4/c1-3-26(32)21-7-6-8-24(18-21)31-15-13-30(14-16-31)12-5-4-11-29-28(33)23-17-22-19-25(34-2)9-10-27(22)35-20-23/h6-10,17-19H,3-5,11-16,20H2,1-2H3,(H,29,33). The maximum atomic E-state index is 12.6. The van der Waals surface area contributed by atoms with Crippen LogP contribution in [0.15, 0.2) is 48.0 Å². The van der Waals surface area contributed by atoms with Crippen molar-refractivity contribution in [2.75, 3.05) is 57.9 Å². The number of piperazine rings is 1. The zero-order chi connectivity index (χ0) is 24.6. The third-order valence-electron chi connectivity index (χ3n) is 6.63. The Hall–Kier alpha value is -3.32. The molecule has 0 atom stereocenters. The number of ketones is 1. The van der Waals surface area contributed by atoms with E-state index in [2.05, 4.69) is 21.2 Å². The lowest BCUT2D eigenvalue weighted by Crippen LogP contribution is -2.46. The number of anilines is 1. The van der Waals surface area contributed by atoms with E-state index < -0.39 is 0 Å². The molecular weight excluding hydrogens is 442 g/mol. The highest BCUT2D eigenvalue weighted by atomic mass is 16.5. The number of carbonyl (C=O) groups is 2. The predicted molar refractivity (Wildman–Crippen MR) is 138 cm³/mol. The molecule has 2 aliphatic rings. The number of ether oxygens (including phenoxy) is 2. The van der Waals surface area contributed by atoms with Crippen LogP contribution in [0.2, 0.25) is 0 Å². The molecule has 186 valence electrons. The third kappa shape index (κ3) is 6.42. The summed E-state index contributed by atoms with van der Waals surface area (Å²) in [6.45, 7) is 7.79. The largest absolute Gasteiger partial charge is 0.497 e. The van der Waals surface area contributed by atoms with Crippen LogP contribution in [0.5, 0.6) is 11.5 Å². The number of carbonyl (C=O) groups excluding carboxylic acids is 2. The van der Waals surface area contributed by atoms with E-state index in [9.17, 15) is 9.59 Å². The molecule has 1 N–H and O–H groups in total. The molecule has 0 aromatic heterocycles. The van der Waals surface area contributed by atoms with Crippen molar-refractivity contribution in [1.82, 2.24) is 10.2 Å². The number of amides is 1. The molecule has 2 aromatic carbocycles. The van der Waals surface area contributed by atoms with Gasteiger partial charge in [-0.15, -0.1) is 0 Å². The Kier molecular flexibility index (Phi) is 8.42. The number of unbranched alkanes of at least 4 members (excludes halogenated alkanes) is 1. The molecule has 4 rings (SSSR count). The Morgan fingerprint density at radius 3 is 2.66 bits per heavy atom. The minimum atomic E-state index is -0.0733. The summed E-state index contributed by atoms with van der Waals surface area (Å²) in [6, 6.07) is 13.6. The van der Waals surface area contributed by atoms with E-state index in [1.165, 1.54) is 0 Å². The second-order valence-corrected chi connectivity index (χ2v) is 8.98. The van der Waals surface area contributed by atoms with Crippen LogP contribution in [0.4, 0.5) is 5.69 Å². The van der Waals surface area contributed by atoms with Crippen molar-refractivity contribution < 1.29 is 19.1 Å². The highest BCUT2D eigenvalue weighted by molar-refractivity contribution is 5.99. The van der Waals surface area contributed by atoms with Crippen LogP contribution in [0.3, 0.4) is 0 Å². The Balaban J connectivity index is 1.15. The van der Waals surface area contributed by atoms with Gasteiger partial charge in [0.05, 0.1) is 12.7 Å². The summed E-state index contributed by atoms with van der Waals surface area (Å²) in [4.78, 5) is 29.4. The summed E-state index contributed by atoms with van der Waals surface area (Å²) in [5, 5.41) is 3.02. The molecule has 7 heteroatoms. The molecule has 0 spiro atoms. The van der Waals surface area contributed by atoms with Crippen LogP contribution >= 0.6 is 0 Å². The number of benzene rings is 2. The van der Waals surface area contributed by atoms with Crippen LogP contribution in [0.1, 0.15) is 42.1 Å². The molecule has 0 aliphatic carbocycles. The number of nitrogens with zero attached hydrogens (tertiary/aromatic N) is 2. The van der Waals surface area contributed by atoms with Crippen molar-refractivity contribution in [3.8, 4) is 11.5 Å². The second-order valence-electron chi connectivity index (χ2n) is 8.98. The highest BCUT2D eigenvalue weighted by Gasteiger charge is 2.19. The first-order valence-corrected chi connectivity index (χ1v) is 12.5. The van der Waals surface area contributed by atoms with E-state index in [4.69, 9.17) is 9.47 Å². The molecule has 0 saturated carbocycles. The Labute approximate surface area is 207 Å². The summed E-state index contributed by atoms with van der Waals surface area (Å²) in [5.74, 6) is 1.63. The van der Waals surface area contributed by atoms with Gasteiger partial charge in [0.15, 0.2) is 5.78 Å². The number of hydrogen-bond acceptors (Lipinski definition) is 6. The van der Waals surface area contributed by atoms with E-state index in [-0.39, 0.29) is 18.3 Å². The van der Waals surface area contributed by atoms with Gasteiger partial charge in [-0.2, -0.15) is 0 Å². The molecule has 7 nitrogen and oxygen atoms in total. The van der Waals surface area contributed by atoms with Crippen LogP contribution in [-0.2, 0) is 4.79 Å². The Bertz CT molecular complexity index is 1070. The van der Waals surface area contributed by atoms with Gasteiger partial charge in [-0.05, 0) is 55.8 Å². The van der Waals surface area contributed by atoms with Crippen molar-refractivity contribution in [2.45, 2.75) is 26.2 Å². The summed E-state index contributed by atoms with van der Waals surface area (Å²) < 4.78 is 11.0. The average Bonchev–Trinajstić information content (AvgIpc) is 2.92. The maximum Gasteiger partial charge on any atom is 0.250 e. The normalized spacial score (nSPS) is 15.6. The maximum absolute atomic E-state index is 12.6. The van der Waals surface area contributed by atoms with Crippen LogP contribution in [0, 0.1) is 0 Å². The summed E-state index contributed by atoms with van der Waals surface area (Å²) >= 11 is 0. The smallest absolute Gasteiger partial charge is 0.250 e. The predicted octanol–water partition coefficient (Wildman–Crippen LogP) is 3.78. The van der Waals surface area contributed by atoms with Gasteiger partial charge in [0, 0.05) is 56.0 Å². The van der Waals surface area contributed by atoms with E-state index in [0.717, 1.165) is 73.9 Å². The van der Waals surface area contributed by atoms with Gasteiger partial charge in [-0.3, -0.25) is 14.5 Å². The highest BCUT2D eigenvalue weighted by Crippen LogP contribution is 2.30. The molecule has 2 aliphatic heterocycles. The zero-order valence-corrected chi connectivity index (χ0v) is 20.7. The average molecular weight is 478 g/mol. The fourth-order valence-corrected chi connectivity index (χ4v) is 4.50. The van der Waals surface area contributed by atoms with Crippen molar-refractivity contribution in [1.29, 1.82) is 0 Å². The van der Waals surface area contributed by atoms with Crippen molar-refractivity contribution >= 4 is 23.5 Å². The fourth-order valence-electron chi connectivity index (χ4n) is 4.50. The van der Waals surface area contributed by atoms with Gasteiger partial charge in [0.2, 0.25) is 0 Å². The first kappa shape index (κ1) is 24.8. The van der Waals surface area contributed by atoms with Crippen molar-refractivity contribution in [3.63, 3.8) is 0 Å². The topological polar surface area (TPSA) is 71.1 Å².